The highest BCUT2D eigenvalue weighted by Crippen LogP contribution is 2.20. The van der Waals surface area contributed by atoms with Gasteiger partial charge in [-0.15, -0.1) is 18.2 Å². The minimum Gasteiger partial charge on any atom is -0.303 e. The van der Waals surface area contributed by atoms with E-state index in [1.807, 2.05) is 33.8 Å². The largest absolute Gasteiger partial charge is 0.303 e. The lowest BCUT2D eigenvalue weighted by molar-refractivity contribution is 0.398. The van der Waals surface area contributed by atoms with Gasteiger partial charge in [-0.3, -0.25) is 0 Å². The SMILES string of the molecule is C#CCNC/C=C/c1ccccc1SC.CC.CC.CCC(C)(C)C. The van der Waals surface area contributed by atoms with Gasteiger partial charge in [-0.1, -0.05) is 98.1 Å². The zero-order chi connectivity index (χ0) is 20.1. The molecule has 0 amide bonds. The van der Waals surface area contributed by atoms with E-state index >= 15 is 0 Å². The van der Waals surface area contributed by atoms with Crippen molar-refractivity contribution in [1.29, 1.82) is 0 Å². The van der Waals surface area contributed by atoms with Crippen LogP contribution < -0.4 is 5.32 Å². The monoisotopic (exact) mass is 363 g/mol. The predicted molar refractivity (Wildman–Crippen MR) is 121 cm³/mol. The van der Waals surface area contributed by atoms with E-state index < -0.39 is 0 Å². The highest BCUT2D eigenvalue weighted by atomic mass is 32.2. The van der Waals surface area contributed by atoms with E-state index in [0.717, 1.165) is 6.54 Å². The molecule has 0 heterocycles. The van der Waals surface area contributed by atoms with E-state index in [0.29, 0.717) is 12.0 Å². The quantitative estimate of drug-likeness (QED) is 0.339. The summed E-state index contributed by atoms with van der Waals surface area (Å²) in [7, 11) is 0. The predicted octanol–water partition coefficient (Wildman–Crippen LogP) is 7.14. The highest BCUT2D eigenvalue weighted by Gasteiger charge is 2.03. The summed E-state index contributed by atoms with van der Waals surface area (Å²) in [5, 5.41) is 3.11. The van der Waals surface area contributed by atoms with Crippen LogP contribution in [-0.4, -0.2) is 19.3 Å². The molecule has 0 unspecified atom stereocenters. The number of terminal acetylenes is 1. The zero-order valence-corrected chi connectivity index (χ0v) is 18.9. The molecule has 0 fully saturated rings. The second-order valence-electron chi connectivity index (χ2n) is 5.89. The van der Waals surface area contributed by atoms with Gasteiger partial charge in [-0.25, -0.2) is 0 Å². The average Bonchev–Trinajstić information content (AvgIpc) is 2.65. The summed E-state index contributed by atoms with van der Waals surface area (Å²) in [6.07, 6.45) is 12.7. The Morgan fingerprint density at radius 1 is 1.12 bits per heavy atom. The Labute approximate surface area is 163 Å². The normalized spacial score (nSPS) is 9.60. The van der Waals surface area contributed by atoms with Gasteiger partial charge < -0.3 is 5.32 Å². The molecular formula is C23H41NS. The Hall–Kier alpha value is -1.17. The minimum absolute atomic E-state index is 0.542. The Morgan fingerprint density at radius 3 is 2.08 bits per heavy atom. The van der Waals surface area contributed by atoms with Crippen LogP contribution in [0.5, 0.6) is 0 Å². The summed E-state index contributed by atoms with van der Waals surface area (Å²) in [6.45, 7) is 18.4. The number of nitrogens with one attached hydrogen (secondary N) is 1. The lowest BCUT2D eigenvalue weighted by Gasteiger charge is -2.12. The molecule has 25 heavy (non-hydrogen) atoms. The molecule has 0 aromatic heterocycles. The van der Waals surface area contributed by atoms with Gasteiger partial charge in [-0.05, 0) is 23.3 Å². The Bertz CT molecular complexity index is 450. The maximum atomic E-state index is 5.13. The van der Waals surface area contributed by atoms with Crippen molar-refractivity contribution in [1.82, 2.24) is 5.32 Å². The van der Waals surface area contributed by atoms with Crippen LogP contribution in [0.2, 0.25) is 0 Å². The molecule has 0 atom stereocenters. The van der Waals surface area contributed by atoms with Crippen molar-refractivity contribution in [3.8, 4) is 12.3 Å². The van der Waals surface area contributed by atoms with Crippen LogP contribution >= 0.6 is 11.8 Å². The molecule has 1 rings (SSSR count). The van der Waals surface area contributed by atoms with Gasteiger partial charge in [0, 0.05) is 11.4 Å². The molecule has 1 N–H and O–H groups in total. The van der Waals surface area contributed by atoms with Crippen molar-refractivity contribution in [2.24, 2.45) is 5.41 Å². The van der Waals surface area contributed by atoms with Crippen molar-refractivity contribution in [3.63, 3.8) is 0 Å². The number of thioether (sulfide) groups is 1. The fourth-order valence-electron chi connectivity index (χ4n) is 1.22. The summed E-state index contributed by atoms with van der Waals surface area (Å²) in [5.41, 5.74) is 1.80. The summed E-state index contributed by atoms with van der Waals surface area (Å²) in [6, 6.07) is 8.34. The van der Waals surface area contributed by atoms with Gasteiger partial charge in [0.2, 0.25) is 0 Å². The highest BCUT2D eigenvalue weighted by molar-refractivity contribution is 7.98. The van der Waals surface area contributed by atoms with Gasteiger partial charge in [0.25, 0.3) is 0 Å². The van der Waals surface area contributed by atoms with Crippen molar-refractivity contribution in [2.75, 3.05) is 19.3 Å². The first-order chi connectivity index (χ1) is 11.9. The Morgan fingerprint density at radius 2 is 1.64 bits per heavy atom. The topological polar surface area (TPSA) is 12.0 Å². The van der Waals surface area contributed by atoms with Crippen LogP contribution in [0, 0.1) is 17.8 Å². The molecule has 0 aliphatic heterocycles. The third kappa shape index (κ3) is 20.8. The van der Waals surface area contributed by atoms with Gasteiger partial charge >= 0.3 is 0 Å². The van der Waals surface area contributed by atoms with Crippen LogP contribution in [0.3, 0.4) is 0 Å². The van der Waals surface area contributed by atoms with E-state index in [-0.39, 0.29) is 0 Å². The molecule has 1 nitrogen and oxygen atoms in total. The van der Waals surface area contributed by atoms with E-state index in [1.165, 1.54) is 16.9 Å². The summed E-state index contributed by atoms with van der Waals surface area (Å²) >= 11 is 1.76. The molecule has 0 saturated heterocycles. The summed E-state index contributed by atoms with van der Waals surface area (Å²) in [5.74, 6) is 2.54. The molecule has 1 aromatic carbocycles. The van der Waals surface area contributed by atoms with Gasteiger partial charge in [-0.2, -0.15) is 0 Å². The molecule has 0 spiro atoms. The molecule has 2 heteroatoms. The van der Waals surface area contributed by atoms with Gasteiger partial charge in [0.05, 0.1) is 6.54 Å². The minimum atomic E-state index is 0.542. The molecule has 0 aliphatic rings. The first kappa shape index (κ1) is 28.6. The third-order valence-electron chi connectivity index (χ3n) is 2.99. The van der Waals surface area contributed by atoms with E-state index in [1.54, 1.807) is 11.8 Å². The standard InChI is InChI=1S/C13H15NS.C6H14.2C2H6/c1-3-10-14-11-6-8-12-7-4-5-9-13(12)15-2;1-5-6(2,3)4;2*1-2/h1,4-9,14H,10-11H2,2H3;5H2,1-4H3;2*1-2H3/b8-6+;;;. The lowest BCUT2D eigenvalue weighted by atomic mass is 9.94. The summed E-state index contributed by atoms with van der Waals surface area (Å²) in [4.78, 5) is 1.30. The van der Waals surface area contributed by atoms with Crippen molar-refractivity contribution >= 4 is 17.8 Å². The fraction of sp³-hybridized carbons (Fsp3) is 0.565. The molecule has 0 aliphatic carbocycles. The van der Waals surface area contributed by atoms with Crippen molar-refractivity contribution < 1.29 is 0 Å². The zero-order valence-electron chi connectivity index (χ0n) is 18.1. The van der Waals surface area contributed by atoms with E-state index in [9.17, 15) is 0 Å². The molecule has 0 bridgehead atoms. The third-order valence-corrected chi connectivity index (χ3v) is 3.80. The molecule has 0 saturated carbocycles. The first-order valence-corrected chi connectivity index (χ1v) is 10.6. The number of benzene rings is 1. The number of rotatable bonds is 5. The average molecular weight is 364 g/mol. The van der Waals surface area contributed by atoms with Crippen LogP contribution in [-0.2, 0) is 0 Å². The molecule has 1 aromatic rings. The van der Waals surface area contributed by atoms with Gasteiger partial charge in [0.15, 0.2) is 0 Å². The first-order valence-electron chi connectivity index (χ1n) is 9.38. The lowest BCUT2D eigenvalue weighted by Crippen LogP contribution is -2.12. The summed E-state index contributed by atoms with van der Waals surface area (Å²) < 4.78 is 0. The van der Waals surface area contributed by atoms with Crippen molar-refractivity contribution in [3.05, 3.63) is 35.9 Å². The van der Waals surface area contributed by atoms with Crippen LogP contribution in [0.15, 0.2) is 35.2 Å². The molecule has 0 radical (unpaired) electrons. The number of hydrogen-bond donors (Lipinski definition) is 1. The van der Waals surface area contributed by atoms with Crippen molar-refractivity contribution in [2.45, 2.75) is 66.7 Å². The van der Waals surface area contributed by atoms with E-state index in [2.05, 4.69) is 75.5 Å². The smallest absolute Gasteiger partial charge is 0.0576 e. The number of hydrogen-bond acceptors (Lipinski definition) is 2. The van der Waals surface area contributed by atoms with Gasteiger partial charge in [0.1, 0.15) is 0 Å². The second-order valence-corrected chi connectivity index (χ2v) is 6.74. The molecule has 144 valence electrons. The molecular weight excluding hydrogens is 322 g/mol. The Kier molecular flexibility index (Phi) is 23.9. The fourth-order valence-corrected chi connectivity index (χ4v) is 1.80. The second kappa shape index (κ2) is 20.9. The van der Waals surface area contributed by atoms with Crippen LogP contribution in [0.1, 0.15) is 67.4 Å². The van der Waals surface area contributed by atoms with Crippen LogP contribution in [0.25, 0.3) is 6.08 Å². The Balaban J connectivity index is -0.000000407. The van der Waals surface area contributed by atoms with Crippen LogP contribution in [0.4, 0.5) is 0 Å². The maximum absolute atomic E-state index is 5.13. The van der Waals surface area contributed by atoms with E-state index in [4.69, 9.17) is 6.42 Å². The maximum Gasteiger partial charge on any atom is 0.0576 e.